The van der Waals surface area contributed by atoms with Gasteiger partial charge in [0, 0.05) is 5.75 Å². The number of unbranched alkanes of at least 4 members (excludes halogenated alkanes) is 5. The first-order valence-corrected chi connectivity index (χ1v) is 8.52. The van der Waals surface area contributed by atoms with Gasteiger partial charge in [-0.05, 0) is 24.1 Å². The van der Waals surface area contributed by atoms with Crippen molar-refractivity contribution >= 4 is 12.6 Å². The molecule has 1 aromatic rings. The lowest BCUT2D eigenvalue weighted by molar-refractivity contribution is 0.0337. The number of hydrogen-bond donors (Lipinski definition) is 3. The molecule has 120 valence electrons. The van der Waals surface area contributed by atoms with E-state index in [0.717, 1.165) is 18.8 Å². The Bertz CT molecular complexity index is 367. The molecule has 0 fully saturated rings. The molecular weight excluding hydrogens is 284 g/mol. The molecule has 4 heteroatoms. The molecule has 0 spiro atoms. The van der Waals surface area contributed by atoms with Gasteiger partial charge in [0.05, 0.1) is 12.7 Å². The van der Waals surface area contributed by atoms with Crippen molar-refractivity contribution in [1.82, 2.24) is 0 Å². The Morgan fingerprint density at radius 1 is 1.00 bits per heavy atom. The molecular formula is C17H28O3S. The van der Waals surface area contributed by atoms with E-state index in [9.17, 15) is 10.2 Å². The van der Waals surface area contributed by atoms with Gasteiger partial charge in [-0.15, -0.1) is 0 Å². The van der Waals surface area contributed by atoms with E-state index >= 15 is 0 Å². The second-order valence-corrected chi connectivity index (χ2v) is 5.75. The Kier molecular flexibility index (Phi) is 9.55. The normalized spacial score (nSPS) is 13.9. The largest absolute Gasteiger partial charge is 0.494 e. The number of hydrogen-bond acceptors (Lipinski definition) is 4. The number of aliphatic hydroxyl groups is 2. The van der Waals surface area contributed by atoms with Crippen molar-refractivity contribution in [3.8, 4) is 5.75 Å². The molecule has 0 saturated heterocycles. The fraction of sp³-hybridized carbons (Fsp3) is 0.647. The molecule has 0 saturated carbocycles. The van der Waals surface area contributed by atoms with Crippen LogP contribution in [0.15, 0.2) is 24.3 Å². The first-order valence-electron chi connectivity index (χ1n) is 7.88. The first kappa shape index (κ1) is 18.3. The summed E-state index contributed by atoms with van der Waals surface area (Å²) in [5, 5.41) is 19.4. The Hall–Kier alpha value is -0.710. The lowest BCUT2D eigenvalue weighted by Crippen LogP contribution is -2.19. The molecule has 1 aromatic carbocycles. The monoisotopic (exact) mass is 312 g/mol. The van der Waals surface area contributed by atoms with Crippen molar-refractivity contribution in [1.29, 1.82) is 0 Å². The SMILES string of the molecule is CCCCCCCCOc1ccc(C(O)C(O)CS)cc1. The second-order valence-electron chi connectivity index (χ2n) is 5.38. The van der Waals surface area contributed by atoms with Crippen LogP contribution in [0.5, 0.6) is 5.75 Å². The number of thiol groups is 1. The molecule has 0 aliphatic rings. The number of rotatable bonds is 11. The first-order chi connectivity index (χ1) is 10.2. The quantitative estimate of drug-likeness (QED) is 0.431. The molecule has 21 heavy (non-hydrogen) atoms. The van der Waals surface area contributed by atoms with Gasteiger partial charge in [0.1, 0.15) is 11.9 Å². The minimum atomic E-state index is -0.893. The third-order valence-corrected chi connectivity index (χ3v) is 3.91. The van der Waals surface area contributed by atoms with Gasteiger partial charge in [0.25, 0.3) is 0 Å². The van der Waals surface area contributed by atoms with Crippen LogP contribution in [0, 0.1) is 0 Å². The smallest absolute Gasteiger partial charge is 0.119 e. The maximum absolute atomic E-state index is 9.86. The predicted molar refractivity (Wildman–Crippen MR) is 90.1 cm³/mol. The highest BCUT2D eigenvalue weighted by atomic mass is 32.1. The summed E-state index contributed by atoms with van der Waals surface area (Å²) in [7, 11) is 0. The number of aliphatic hydroxyl groups excluding tert-OH is 2. The summed E-state index contributed by atoms with van der Waals surface area (Å²) in [5.41, 5.74) is 0.684. The summed E-state index contributed by atoms with van der Waals surface area (Å²) >= 11 is 3.98. The highest BCUT2D eigenvalue weighted by Gasteiger charge is 2.16. The summed E-state index contributed by atoms with van der Waals surface area (Å²) in [5.74, 6) is 1.04. The van der Waals surface area contributed by atoms with Crippen molar-refractivity contribution in [2.24, 2.45) is 0 Å². The second kappa shape index (κ2) is 10.9. The minimum Gasteiger partial charge on any atom is -0.494 e. The summed E-state index contributed by atoms with van der Waals surface area (Å²) in [6.07, 6.45) is 5.75. The van der Waals surface area contributed by atoms with Crippen LogP contribution in [0.4, 0.5) is 0 Å². The maximum atomic E-state index is 9.86. The zero-order chi connectivity index (χ0) is 15.5. The van der Waals surface area contributed by atoms with Crippen LogP contribution in [0.2, 0.25) is 0 Å². The molecule has 0 aliphatic carbocycles. The van der Waals surface area contributed by atoms with Crippen LogP contribution < -0.4 is 4.74 Å². The van der Waals surface area contributed by atoms with Crippen LogP contribution in [0.1, 0.15) is 57.1 Å². The van der Waals surface area contributed by atoms with Gasteiger partial charge in [-0.3, -0.25) is 0 Å². The van der Waals surface area contributed by atoms with Crippen molar-refractivity contribution in [3.05, 3.63) is 29.8 Å². The summed E-state index contributed by atoms with van der Waals surface area (Å²) in [4.78, 5) is 0. The molecule has 1 rings (SSSR count). The maximum Gasteiger partial charge on any atom is 0.119 e. The van der Waals surface area contributed by atoms with E-state index in [1.165, 1.54) is 32.1 Å². The standard InChI is InChI=1S/C17H28O3S/c1-2-3-4-5-6-7-12-20-15-10-8-14(9-11-15)17(19)16(18)13-21/h8-11,16-19,21H,2-7,12-13H2,1H3. The fourth-order valence-electron chi connectivity index (χ4n) is 2.16. The van der Waals surface area contributed by atoms with Crippen LogP contribution in [-0.4, -0.2) is 28.7 Å². The van der Waals surface area contributed by atoms with E-state index in [4.69, 9.17) is 4.74 Å². The number of benzene rings is 1. The topological polar surface area (TPSA) is 49.7 Å². The molecule has 0 amide bonds. The summed E-state index contributed by atoms with van der Waals surface area (Å²) < 4.78 is 5.67. The van der Waals surface area contributed by atoms with E-state index in [1.807, 2.05) is 12.1 Å². The van der Waals surface area contributed by atoms with E-state index in [0.29, 0.717) is 5.56 Å². The van der Waals surface area contributed by atoms with E-state index < -0.39 is 12.2 Å². The molecule has 0 heterocycles. The van der Waals surface area contributed by atoms with Crippen molar-refractivity contribution in [2.75, 3.05) is 12.4 Å². The molecule has 0 radical (unpaired) electrons. The van der Waals surface area contributed by atoms with Gasteiger partial charge in [0.15, 0.2) is 0 Å². The predicted octanol–water partition coefficient (Wildman–Crippen LogP) is 3.75. The molecule has 0 aliphatic heterocycles. The summed E-state index contributed by atoms with van der Waals surface area (Å²) in [6.45, 7) is 2.95. The van der Waals surface area contributed by atoms with Crippen LogP contribution in [0.3, 0.4) is 0 Å². The van der Waals surface area contributed by atoms with Gasteiger partial charge >= 0.3 is 0 Å². The third-order valence-electron chi connectivity index (χ3n) is 3.54. The zero-order valence-electron chi connectivity index (χ0n) is 12.9. The van der Waals surface area contributed by atoms with Crippen LogP contribution in [-0.2, 0) is 0 Å². The van der Waals surface area contributed by atoms with Gasteiger partial charge in [0.2, 0.25) is 0 Å². The van der Waals surface area contributed by atoms with Gasteiger partial charge in [-0.1, -0.05) is 51.2 Å². The Balaban J connectivity index is 2.25. The highest BCUT2D eigenvalue weighted by molar-refractivity contribution is 7.80. The fourth-order valence-corrected chi connectivity index (χ4v) is 2.36. The van der Waals surface area contributed by atoms with Crippen molar-refractivity contribution in [2.45, 2.75) is 57.7 Å². The van der Waals surface area contributed by atoms with Crippen LogP contribution in [0.25, 0.3) is 0 Å². The molecule has 2 N–H and O–H groups in total. The van der Waals surface area contributed by atoms with E-state index in [1.54, 1.807) is 12.1 Å². The average Bonchev–Trinajstić information content (AvgIpc) is 2.53. The Morgan fingerprint density at radius 3 is 2.24 bits per heavy atom. The highest BCUT2D eigenvalue weighted by Crippen LogP contribution is 2.21. The van der Waals surface area contributed by atoms with Crippen molar-refractivity contribution in [3.63, 3.8) is 0 Å². The number of ether oxygens (including phenoxy) is 1. The third kappa shape index (κ3) is 7.21. The minimum absolute atomic E-state index is 0.234. The summed E-state index contributed by atoms with van der Waals surface area (Å²) in [6, 6.07) is 7.24. The lowest BCUT2D eigenvalue weighted by Gasteiger charge is -2.16. The molecule has 2 unspecified atom stereocenters. The van der Waals surface area contributed by atoms with E-state index in [2.05, 4.69) is 19.6 Å². The van der Waals surface area contributed by atoms with Crippen LogP contribution >= 0.6 is 12.6 Å². The molecule has 0 aromatic heterocycles. The lowest BCUT2D eigenvalue weighted by atomic mass is 10.1. The molecule has 3 nitrogen and oxygen atoms in total. The Morgan fingerprint density at radius 2 is 1.62 bits per heavy atom. The van der Waals surface area contributed by atoms with Gasteiger partial charge in [-0.2, -0.15) is 12.6 Å². The zero-order valence-corrected chi connectivity index (χ0v) is 13.8. The molecule has 2 atom stereocenters. The van der Waals surface area contributed by atoms with Gasteiger partial charge < -0.3 is 14.9 Å². The van der Waals surface area contributed by atoms with E-state index in [-0.39, 0.29) is 5.75 Å². The Labute approximate surface area is 133 Å². The van der Waals surface area contributed by atoms with Gasteiger partial charge in [-0.25, -0.2) is 0 Å². The average molecular weight is 312 g/mol. The van der Waals surface area contributed by atoms with Crippen molar-refractivity contribution < 1.29 is 14.9 Å². The molecule has 0 bridgehead atoms.